The number of hydrogen-bond donors (Lipinski definition) is 2. The molecular formula is C11H19N3O2. The third-order valence-corrected chi connectivity index (χ3v) is 3.80. The Bertz CT molecular complexity index is 310. The lowest BCUT2D eigenvalue weighted by Gasteiger charge is -2.28. The van der Waals surface area contributed by atoms with Crippen LogP contribution in [-0.2, 0) is 9.59 Å². The van der Waals surface area contributed by atoms with Gasteiger partial charge in [-0.15, -0.1) is 0 Å². The van der Waals surface area contributed by atoms with Crippen molar-refractivity contribution in [2.45, 2.75) is 37.6 Å². The summed E-state index contributed by atoms with van der Waals surface area (Å²) in [5.74, 6) is -0.490. The van der Waals surface area contributed by atoms with Crippen molar-refractivity contribution in [3.8, 4) is 0 Å². The van der Waals surface area contributed by atoms with E-state index in [1.54, 1.807) is 4.90 Å². The first-order chi connectivity index (χ1) is 7.53. The van der Waals surface area contributed by atoms with Crippen molar-refractivity contribution < 1.29 is 9.59 Å². The highest BCUT2D eigenvalue weighted by atomic mass is 16.2. The van der Waals surface area contributed by atoms with Crippen molar-refractivity contribution in [1.82, 2.24) is 4.90 Å². The van der Waals surface area contributed by atoms with Gasteiger partial charge >= 0.3 is 0 Å². The number of hydrogen-bond acceptors (Lipinski definition) is 3. The van der Waals surface area contributed by atoms with E-state index < -0.39 is 5.54 Å². The van der Waals surface area contributed by atoms with Crippen LogP contribution in [0.2, 0.25) is 0 Å². The first kappa shape index (κ1) is 11.4. The predicted molar refractivity (Wildman–Crippen MR) is 59.3 cm³/mol. The Morgan fingerprint density at radius 3 is 2.38 bits per heavy atom. The quantitative estimate of drug-likeness (QED) is 0.669. The van der Waals surface area contributed by atoms with Crippen LogP contribution in [0.25, 0.3) is 0 Å². The molecule has 1 aliphatic heterocycles. The second kappa shape index (κ2) is 4.05. The molecule has 0 bridgehead atoms. The van der Waals surface area contributed by atoms with Crippen molar-refractivity contribution in [2.75, 3.05) is 13.1 Å². The van der Waals surface area contributed by atoms with E-state index in [1.165, 1.54) is 0 Å². The summed E-state index contributed by atoms with van der Waals surface area (Å²) in [6.07, 6.45) is 4.26. The van der Waals surface area contributed by atoms with Gasteiger partial charge in [-0.25, -0.2) is 0 Å². The first-order valence-electron chi connectivity index (χ1n) is 5.90. The van der Waals surface area contributed by atoms with Gasteiger partial charge in [-0.1, -0.05) is 12.8 Å². The van der Waals surface area contributed by atoms with Crippen LogP contribution in [-0.4, -0.2) is 35.3 Å². The summed E-state index contributed by atoms with van der Waals surface area (Å²) in [4.78, 5) is 24.9. The van der Waals surface area contributed by atoms with E-state index in [2.05, 4.69) is 0 Å². The van der Waals surface area contributed by atoms with Gasteiger partial charge in [0, 0.05) is 13.1 Å². The summed E-state index contributed by atoms with van der Waals surface area (Å²) in [7, 11) is 0. The molecule has 0 aromatic heterocycles. The smallest absolute Gasteiger partial charge is 0.242 e. The van der Waals surface area contributed by atoms with E-state index in [4.69, 9.17) is 11.5 Å². The molecule has 2 aliphatic rings. The topological polar surface area (TPSA) is 89.4 Å². The van der Waals surface area contributed by atoms with Gasteiger partial charge in [0.05, 0.1) is 11.5 Å². The van der Waals surface area contributed by atoms with Crippen LogP contribution < -0.4 is 11.5 Å². The third-order valence-electron chi connectivity index (χ3n) is 3.80. The molecule has 0 radical (unpaired) electrons. The van der Waals surface area contributed by atoms with Gasteiger partial charge in [0.25, 0.3) is 0 Å². The maximum absolute atomic E-state index is 12.2. The molecule has 0 aromatic carbocycles. The molecule has 16 heavy (non-hydrogen) atoms. The Morgan fingerprint density at radius 1 is 1.25 bits per heavy atom. The fraction of sp³-hybridized carbons (Fsp3) is 0.818. The van der Waals surface area contributed by atoms with Crippen molar-refractivity contribution in [2.24, 2.45) is 17.4 Å². The van der Waals surface area contributed by atoms with Crippen LogP contribution >= 0.6 is 0 Å². The molecule has 1 atom stereocenters. The molecule has 1 unspecified atom stereocenters. The van der Waals surface area contributed by atoms with Gasteiger partial charge in [0.1, 0.15) is 0 Å². The number of carbonyl (C=O) groups is 2. The molecule has 90 valence electrons. The minimum atomic E-state index is -0.674. The molecule has 0 spiro atoms. The van der Waals surface area contributed by atoms with E-state index in [0.717, 1.165) is 25.7 Å². The second-order valence-electron chi connectivity index (χ2n) is 5.00. The highest BCUT2D eigenvalue weighted by Gasteiger charge is 2.42. The van der Waals surface area contributed by atoms with Gasteiger partial charge in [0.15, 0.2) is 0 Å². The highest BCUT2D eigenvalue weighted by molar-refractivity contribution is 5.88. The van der Waals surface area contributed by atoms with Gasteiger partial charge in [0.2, 0.25) is 11.8 Å². The van der Waals surface area contributed by atoms with Gasteiger partial charge in [-0.05, 0) is 19.3 Å². The average molecular weight is 225 g/mol. The Labute approximate surface area is 95.1 Å². The molecule has 5 nitrogen and oxygen atoms in total. The Kier molecular flexibility index (Phi) is 2.88. The molecule has 1 saturated heterocycles. The molecule has 1 heterocycles. The van der Waals surface area contributed by atoms with Crippen LogP contribution in [0.1, 0.15) is 32.1 Å². The Hall–Kier alpha value is -1.10. The zero-order valence-electron chi connectivity index (χ0n) is 9.45. The van der Waals surface area contributed by atoms with Crippen molar-refractivity contribution in [3.63, 3.8) is 0 Å². The molecule has 4 N–H and O–H groups in total. The SMILES string of the molecule is NC(=O)C1CCN(C(=O)C2(N)CCCC2)C1. The minimum absolute atomic E-state index is 0.00810. The van der Waals surface area contributed by atoms with Gasteiger partial charge < -0.3 is 16.4 Å². The Balaban J connectivity index is 1.99. The number of primary amides is 1. The molecule has 2 amide bonds. The number of amides is 2. The van der Waals surface area contributed by atoms with Crippen molar-refractivity contribution >= 4 is 11.8 Å². The fourth-order valence-electron chi connectivity index (χ4n) is 2.71. The summed E-state index contributed by atoms with van der Waals surface area (Å²) in [6.45, 7) is 1.07. The molecule has 2 rings (SSSR count). The number of nitrogens with zero attached hydrogens (tertiary/aromatic N) is 1. The number of nitrogens with two attached hydrogens (primary N) is 2. The summed E-state index contributed by atoms with van der Waals surface area (Å²) in [5.41, 5.74) is 10.7. The summed E-state index contributed by atoms with van der Waals surface area (Å²) in [6, 6.07) is 0. The molecule has 0 aromatic rings. The molecular weight excluding hydrogens is 206 g/mol. The van der Waals surface area contributed by atoms with Crippen LogP contribution in [0.4, 0.5) is 0 Å². The van der Waals surface area contributed by atoms with E-state index in [-0.39, 0.29) is 17.7 Å². The summed E-state index contributed by atoms with van der Waals surface area (Å²) >= 11 is 0. The van der Waals surface area contributed by atoms with Crippen LogP contribution in [0.5, 0.6) is 0 Å². The average Bonchev–Trinajstić information content (AvgIpc) is 2.85. The second-order valence-corrected chi connectivity index (χ2v) is 5.00. The molecule has 1 aliphatic carbocycles. The lowest BCUT2D eigenvalue weighted by Crippen LogP contribution is -2.53. The van der Waals surface area contributed by atoms with E-state index in [1.807, 2.05) is 0 Å². The lowest BCUT2D eigenvalue weighted by molar-refractivity contribution is -0.136. The first-order valence-corrected chi connectivity index (χ1v) is 5.90. The maximum Gasteiger partial charge on any atom is 0.242 e. The van der Waals surface area contributed by atoms with Crippen LogP contribution in [0.3, 0.4) is 0 Å². The number of likely N-dealkylation sites (tertiary alicyclic amines) is 1. The fourth-order valence-corrected chi connectivity index (χ4v) is 2.71. The normalized spacial score (nSPS) is 28.3. The summed E-state index contributed by atoms with van der Waals surface area (Å²) < 4.78 is 0. The standard InChI is InChI=1S/C11H19N3O2/c12-9(15)8-3-6-14(7-8)10(16)11(13)4-1-2-5-11/h8H,1-7,13H2,(H2,12,15). The van der Waals surface area contributed by atoms with Crippen molar-refractivity contribution in [3.05, 3.63) is 0 Å². The number of carbonyl (C=O) groups excluding carboxylic acids is 2. The number of rotatable bonds is 2. The van der Waals surface area contributed by atoms with Gasteiger partial charge in [-0.2, -0.15) is 0 Å². The van der Waals surface area contributed by atoms with E-state index in [0.29, 0.717) is 19.5 Å². The molecule has 1 saturated carbocycles. The van der Waals surface area contributed by atoms with Crippen molar-refractivity contribution in [1.29, 1.82) is 0 Å². The largest absolute Gasteiger partial charge is 0.369 e. The highest BCUT2D eigenvalue weighted by Crippen LogP contribution is 2.30. The van der Waals surface area contributed by atoms with Crippen LogP contribution in [0, 0.1) is 5.92 Å². The Morgan fingerprint density at radius 2 is 1.88 bits per heavy atom. The monoisotopic (exact) mass is 225 g/mol. The zero-order valence-corrected chi connectivity index (χ0v) is 9.45. The minimum Gasteiger partial charge on any atom is -0.369 e. The van der Waals surface area contributed by atoms with E-state index in [9.17, 15) is 9.59 Å². The lowest BCUT2D eigenvalue weighted by atomic mass is 9.97. The van der Waals surface area contributed by atoms with Gasteiger partial charge in [-0.3, -0.25) is 9.59 Å². The maximum atomic E-state index is 12.2. The molecule has 2 fully saturated rings. The van der Waals surface area contributed by atoms with Crippen LogP contribution in [0.15, 0.2) is 0 Å². The molecule has 5 heteroatoms. The van der Waals surface area contributed by atoms with E-state index >= 15 is 0 Å². The summed E-state index contributed by atoms with van der Waals surface area (Å²) in [5, 5.41) is 0. The third kappa shape index (κ3) is 1.91. The predicted octanol–water partition coefficient (Wildman–Crippen LogP) is -0.408. The zero-order chi connectivity index (χ0) is 11.8.